The number of para-hydroxylation sites is 1. The van der Waals surface area contributed by atoms with Crippen LogP contribution < -0.4 is 15.8 Å². The Morgan fingerprint density at radius 3 is 2.53 bits per heavy atom. The van der Waals surface area contributed by atoms with Gasteiger partial charge in [0.2, 0.25) is 0 Å². The van der Waals surface area contributed by atoms with E-state index in [1.54, 1.807) is 6.20 Å². The van der Waals surface area contributed by atoms with Crippen molar-refractivity contribution in [2.75, 3.05) is 5.73 Å². The molecule has 0 unspecified atom stereocenters. The molecule has 6 heteroatoms. The molecule has 6 nitrogen and oxygen atoms in total. The van der Waals surface area contributed by atoms with Gasteiger partial charge < -0.3 is 15.8 Å². The maximum Gasteiger partial charge on any atom is 0.150 e. The summed E-state index contributed by atoms with van der Waals surface area (Å²) in [6, 6.07) is 18.7. The van der Waals surface area contributed by atoms with E-state index in [1.165, 1.54) is 19.3 Å². The van der Waals surface area contributed by atoms with Crippen molar-refractivity contribution in [2.24, 2.45) is 5.92 Å². The Labute approximate surface area is 174 Å². The van der Waals surface area contributed by atoms with Crippen LogP contribution in [0.2, 0.25) is 0 Å². The van der Waals surface area contributed by atoms with Crippen LogP contribution in [-0.4, -0.2) is 20.4 Å². The SMILES string of the molecule is Nc1nccn2c([C@H]3N[C@@H]4CC[C@H]3C4)nc(-c3ccc(Oc4ccccc4)cc3)c12. The lowest BCUT2D eigenvalue weighted by molar-refractivity contribution is 0.376. The Hall–Kier alpha value is -3.38. The Morgan fingerprint density at radius 1 is 1.00 bits per heavy atom. The molecule has 2 aliphatic rings. The standard InChI is InChI=1S/C24H23N5O/c25-23-22-20(15-7-10-19(11-8-15)30-18-4-2-1-3-5-18)28-24(29(22)13-12-26-23)21-16-6-9-17(14-16)27-21/h1-5,7-8,10-13,16-17,21,27H,6,9,14H2,(H2,25,26)/t16-,17+,21-/m0/s1. The van der Waals surface area contributed by atoms with E-state index < -0.39 is 0 Å². The van der Waals surface area contributed by atoms with E-state index in [1.807, 2.05) is 60.8 Å². The molecule has 4 aromatic rings. The first-order valence-electron chi connectivity index (χ1n) is 10.5. The van der Waals surface area contributed by atoms with Crippen molar-refractivity contribution in [3.63, 3.8) is 0 Å². The zero-order chi connectivity index (χ0) is 20.1. The van der Waals surface area contributed by atoms with Gasteiger partial charge in [-0.15, -0.1) is 0 Å². The zero-order valence-electron chi connectivity index (χ0n) is 16.5. The number of nitrogens with two attached hydrogens (primary N) is 1. The lowest BCUT2D eigenvalue weighted by Gasteiger charge is -2.22. The summed E-state index contributed by atoms with van der Waals surface area (Å²) in [7, 11) is 0. The van der Waals surface area contributed by atoms with Gasteiger partial charge in [0.1, 0.15) is 34.4 Å². The summed E-state index contributed by atoms with van der Waals surface area (Å²) in [4.78, 5) is 9.40. The highest BCUT2D eigenvalue weighted by Gasteiger charge is 2.42. The van der Waals surface area contributed by atoms with Crippen molar-refractivity contribution in [3.8, 4) is 22.8 Å². The maximum absolute atomic E-state index is 6.30. The number of rotatable bonds is 4. The molecular formula is C24H23N5O. The van der Waals surface area contributed by atoms with E-state index in [0.29, 0.717) is 17.8 Å². The minimum Gasteiger partial charge on any atom is -0.457 e. The number of benzene rings is 2. The Balaban J connectivity index is 1.39. The fraction of sp³-hybridized carbons (Fsp3) is 0.250. The van der Waals surface area contributed by atoms with Gasteiger partial charge >= 0.3 is 0 Å². The van der Waals surface area contributed by atoms with E-state index in [9.17, 15) is 0 Å². The van der Waals surface area contributed by atoms with Gasteiger partial charge in [0.25, 0.3) is 0 Å². The van der Waals surface area contributed by atoms with Crippen molar-refractivity contribution in [3.05, 3.63) is 72.8 Å². The summed E-state index contributed by atoms with van der Waals surface area (Å²) in [5.41, 5.74) is 9.04. The summed E-state index contributed by atoms with van der Waals surface area (Å²) >= 11 is 0. The summed E-state index contributed by atoms with van der Waals surface area (Å²) in [5, 5.41) is 3.75. The van der Waals surface area contributed by atoms with E-state index in [0.717, 1.165) is 34.1 Å². The molecule has 1 saturated carbocycles. The summed E-state index contributed by atoms with van der Waals surface area (Å²) in [6.07, 6.45) is 7.49. The first kappa shape index (κ1) is 17.5. The number of fused-ring (bicyclic) bond motifs is 3. The first-order chi connectivity index (χ1) is 14.8. The topological polar surface area (TPSA) is 77.5 Å². The molecule has 1 aliphatic carbocycles. The third-order valence-electron chi connectivity index (χ3n) is 6.36. The summed E-state index contributed by atoms with van der Waals surface area (Å²) < 4.78 is 8.04. The molecule has 2 aromatic carbocycles. The third kappa shape index (κ3) is 2.83. The molecule has 1 aliphatic heterocycles. The number of nitrogens with zero attached hydrogens (tertiary/aromatic N) is 3. The average molecular weight is 397 g/mol. The smallest absolute Gasteiger partial charge is 0.150 e. The quantitative estimate of drug-likeness (QED) is 0.527. The van der Waals surface area contributed by atoms with Crippen LogP contribution in [0.25, 0.3) is 16.8 Å². The summed E-state index contributed by atoms with van der Waals surface area (Å²) in [6.45, 7) is 0. The van der Waals surface area contributed by atoms with Gasteiger partial charge in [-0.25, -0.2) is 9.97 Å². The minimum atomic E-state index is 0.271. The maximum atomic E-state index is 6.30. The molecule has 3 atom stereocenters. The van der Waals surface area contributed by atoms with E-state index in [-0.39, 0.29) is 6.04 Å². The third-order valence-corrected chi connectivity index (χ3v) is 6.36. The number of imidazole rings is 1. The first-order valence-corrected chi connectivity index (χ1v) is 10.5. The fourth-order valence-corrected chi connectivity index (χ4v) is 4.96. The summed E-state index contributed by atoms with van der Waals surface area (Å²) in [5.74, 6) is 3.78. The van der Waals surface area contributed by atoms with E-state index >= 15 is 0 Å². The van der Waals surface area contributed by atoms with Gasteiger partial charge in [0, 0.05) is 24.0 Å². The van der Waals surface area contributed by atoms with Crippen molar-refractivity contribution < 1.29 is 4.74 Å². The van der Waals surface area contributed by atoms with Crippen LogP contribution in [0.4, 0.5) is 5.82 Å². The number of hydrogen-bond acceptors (Lipinski definition) is 5. The van der Waals surface area contributed by atoms with Crippen LogP contribution in [-0.2, 0) is 0 Å². The Kier molecular flexibility index (Phi) is 3.99. The highest BCUT2D eigenvalue weighted by molar-refractivity contribution is 5.85. The fourth-order valence-electron chi connectivity index (χ4n) is 4.96. The number of nitrogens with one attached hydrogen (secondary N) is 1. The van der Waals surface area contributed by atoms with Crippen LogP contribution in [0.15, 0.2) is 67.0 Å². The normalized spacial score (nSPS) is 22.6. The second kappa shape index (κ2) is 6.85. The largest absolute Gasteiger partial charge is 0.457 e. The molecule has 3 N–H and O–H groups in total. The van der Waals surface area contributed by atoms with Gasteiger partial charge in [-0.3, -0.25) is 4.40 Å². The van der Waals surface area contributed by atoms with Gasteiger partial charge in [-0.05, 0) is 61.6 Å². The molecule has 6 rings (SSSR count). The van der Waals surface area contributed by atoms with E-state index in [4.69, 9.17) is 15.5 Å². The van der Waals surface area contributed by atoms with Crippen molar-refractivity contribution in [2.45, 2.75) is 31.3 Å². The second-order valence-electron chi connectivity index (χ2n) is 8.20. The van der Waals surface area contributed by atoms with Crippen LogP contribution in [0.1, 0.15) is 31.1 Å². The molecule has 150 valence electrons. The van der Waals surface area contributed by atoms with E-state index in [2.05, 4.69) is 14.7 Å². The Morgan fingerprint density at radius 2 is 1.80 bits per heavy atom. The predicted octanol–water partition coefficient (Wildman–Crippen LogP) is 4.58. The number of anilines is 1. The number of ether oxygens (including phenoxy) is 1. The average Bonchev–Trinajstić information content (AvgIpc) is 3.50. The Bertz CT molecular complexity index is 1200. The highest BCUT2D eigenvalue weighted by atomic mass is 16.5. The molecular weight excluding hydrogens is 374 g/mol. The van der Waals surface area contributed by atoms with Gasteiger partial charge in [0.15, 0.2) is 0 Å². The highest BCUT2D eigenvalue weighted by Crippen LogP contribution is 2.44. The number of hydrogen-bond donors (Lipinski definition) is 2. The number of nitrogen functional groups attached to an aromatic ring is 1. The van der Waals surface area contributed by atoms with Crippen LogP contribution in [0, 0.1) is 5.92 Å². The van der Waals surface area contributed by atoms with Gasteiger partial charge in [-0.2, -0.15) is 0 Å². The zero-order valence-corrected chi connectivity index (χ0v) is 16.5. The molecule has 0 radical (unpaired) electrons. The van der Waals surface area contributed by atoms with Crippen LogP contribution in [0.5, 0.6) is 11.5 Å². The number of aromatic nitrogens is 3. The van der Waals surface area contributed by atoms with Crippen molar-refractivity contribution in [1.29, 1.82) is 0 Å². The molecule has 2 bridgehead atoms. The lowest BCUT2D eigenvalue weighted by atomic mass is 9.99. The molecule has 30 heavy (non-hydrogen) atoms. The lowest BCUT2D eigenvalue weighted by Crippen LogP contribution is -2.30. The molecule has 3 heterocycles. The van der Waals surface area contributed by atoms with Gasteiger partial charge in [0.05, 0.1) is 6.04 Å². The molecule has 2 fully saturated rings. The minimum absolute atomic E-state index is 0.271. The molecule has 2 aromatic heterocycles. The predicted molar refractivity (Wildman–Crippen MR) is 116 cm³/mol. The van der Waals surface area contributed by atoms with Crippen molar-refractivity contribution in [1.82, 2.24) is 19.7 Å². The molecule has 1 saturated heterocycles. The van der Waals surface area contributed by atoms with Crippen LogP contribution >= 0.6 is 0 Å². The monoisotopic (exact) mass is 397 g/mol. The second-order valence-corrected chi connectivity index (χ2v) is 8.20. The number of piperidine rings is 1. The molecule has 0 spiro atoms. The van der Waals surface area contributed by atoms with Crippen LogP contribution in [0.3, 0.4) is 0 Å². The van der Waals surface area contributed by atoms with Crippen molar-refractivity contribution >= 4 is 11.3 Å². The van der Waals surface area contributed by atoms with Gasteiger partial charge in [-0.1, -0.05) is 18.2 Å². The molecule has 0 amide bonds.